The molecule has 17 heavy (non-hydrogen) atoms. The molecule has 0 unspecified atom stereocenters. The number of hydrogen-bond acceptors (Lipinski definition) is 4. The van der Waals surface area contributed by atoms with Crippen LogP contribution in [-0.4, -0.2) is 19.6 Å². The molecule has 5 nitrogen and oxygen atoms in total. The van der Waals surface area contributed by atoms with Crippen molar-refractivity contribution < 1.29 is 0 Å². The Morgan fingerprint density at radius 3 is 2.71 bits per heavy atom. The van der Waals surface area contributed by atoms with E-state index < -0.39 is 0 Å². The summed E-state index contributed by atoms with van der Waals surface area (Å²) in [5, 5.41) is 4.06. The van der Waals surface area contributed by atoms with Gasteiger partial charge >= 0.3 is 0 Å². The van der Waals surface area contributed by atoms with Crippen molar-refractivity contribution in [1.82, 2.24) is 19.6 Å². The molecular weight excluding hydrogens is 214 g/mol. The van der Waals surface area contributed by atoms with Gasteiger partial charge in [0.15, 0.2) is 0 Å². The third-order valence-electron chi connectivity index (χ3n) is 2.71. The number of anilines is 1. The standard InChI is InChI=1S/C12H11N5/c1-8-10(9-5-3-2-4-6-9)11(13)17-12(16-8)14-7-15-17/h2-7H,13H2,1H3. The highest BCUT2D eigenvalue weighted by atomic mass is 15.3. The minimum Gasteiger partial charge on any atom is -0.383 e. The molecule has 0 bridgehead atoms. The Hall–Kier alpha value is -2.43. The molecule has 0 atom stereocenters. The van der Waals surface area contributed by atoms with Gasteiger partial charge in [0.1, 0.15) is 12.1 Å². The summed E-state index contributed by atoms with van der Waals surface area (Å²) in [6.45, 7) is 1.92. The molecule has 2 heterocycles. The smallest absolute Gasteiger partial charge is 0.254 e. The Morgan fingerprint density at radius 2 is 1.94 bits per heavy atom. The zero-order valence-electron chi connectivity index (χ0n) is 9.33. The van der Waals surface area contributed by atoms with Gasteiger partial charge in [-0.05, 0) is 12.5 Å². The number of nitrogens with two attached hydrogens (primary N) is 1. The topological polar surface area (TPSA) is 69.1 Å². The van der Waals surface area contributed by atoms with Gasteiger partial charge in [-0.2, -0.15) is 14.6 Å². The Bertz CT molecular complexity index is 672. The molecule has 0 aliphatic rings. The second-order valence-corrected chi connectivity index (χ2v) is 3.80. The SMILES string of the molecule is Cc1nc2ncnn2c(N)c1-c1ccccc1. The van der Waals surface area contributed by atoms with Gasteiger partial charge in [-0.25, -0.2) is 4.98 Å². The molecule has 0 radical (unpaired) electrons. The van der Waals surface area contributed by atoms with Crippen LogP contribution in [0.1, 0.15) is 5.69 Å². The first-order valence-corrected chi connectivity index (χ1v) is 5.28. The average molecular weight is 225 g/mol. The molecule has 0 fully saturated rings. The first-order valence-electron chi connectivity index (χ1n) is 5.28. The molecule has 0 saturated heterocycles. The van der Waals surface area contributed by atoms with Gasteiger partial charge in [-0.1, -0.05) is 30.3 Å². The first kappa shape index (κ1) is 9.77. The second kappa shape index (κ2) is 3.55. The molecule has 0 saturated carbocycles. The van der Waals surface area contributed by atoms with Crippen molar-refractivity contribution >= 4 is 11.6 Å². The van der Waals surface area contributed by atoms with Crippen molar-refractivity contribution in [2.45, 2.75) is 6.92 Å². The van der Waals surface area contributed by atoms with Crippen molar-refractivity contribution in [2.24, 2.45) is 0 Å². The lowest BCUT2D eigenvalue weighted by molar-refractivity contribution is 0.944. The molecule has 5 heteroatoms. The third kappa shape index (κ3) is 1.44. The van der Waals surface area contributed by atoms with Gasteiger partial charge < -0.3 is 5.73 Å². The minimum absolute atomic E-state index is 0.527. The number of nitrogen functional groups attached to an aromatic ring is 1. The fraction of sp³-hybridized carbons (Fsp3) is 0.0833. The van der Waals surface area contributed by atoms with E-state index in [9.17, 15) is 0 Å². The third-order valence-corrected chi connectivity index (χ3v) is 2.71. The van der Waals surface area contributed by atoms with Crippen LogP contribution in [0.2, 0.25) is 0 Å². The van der Waals surface area contributed by atoms with E-state index in [0.29, 0.717) is 11.6 Å². The van der Waals surface area contributed by atoms with Gasteiger partial charge in [0.05, 0.1) is 5.69 Å². The maximum absolute atomic E-state index is 6.12. The monoisotopic (exact) mass is 225 g/mol. The molecule has 0 aliphatic carbocycles. The lowest BCUT2D eigenvalue weighted by atomic mass is 10.1. The summed E-state index contributed by atoms with van der Waals surface area (Å²) in [5.74, 6) is 1.09. The molecule has 0 aliphatic heterocycles. The Kier molecular flexibility index (Phi) is 2.04. The number of rotatable bonds is 1. The molecule has 3 aromatic rings. The largest absolute Gasteiger partial charge is 0.383 e. The molecule has 84 valence electrons. The predicted molar refractivity (Wildman–Crippen MR) is 65.4 cm³/mol. The molecule has 2 N–H and O–H groups in total. The molecular formula is C12H11N5. The van der Waals surface area contributed by atoms with Crippen LogP contribution >= 0.6 is 0 Å². The van der Waals surface area contributed by atoms with Crippen molar-refractivity contribution in [3.05, 3.63) is 42.4 Å². The zero-order chi connectivity index (χ0) is 11.8. The Labute approximate surface area is 97.9 Å². The summed E-state index contributed by atoms with van der Waals surface area (Å²) in [6.07, 6.45) is 1.45. The van der Waals surface area contributed by atoms with Crippen LogP contribution in [0, 0.1) is 6.92 Å². The van der Waals surface area contributed by atoms with Crippen LogP contribution in [0.5, 0.6) is 0 Å². The van der Waals surface area contributed by atoms with Crippen LogP contribution in [0.25, 0.3) is 16.9 Å². The Morgan fingerprint density at radius 1 is 1.18 bits per heavy atom. The van der Waals surface area contributed by atoms with E-state index in [1.165, 1.54) is 6.33 Å². The number of aromatic nitrogens is 4. The summed E-state index contributed by atoms with van der Waals surface area (Å²) < 4.78 is 1.55. The summed E-state index contributed by atoms with van der Waals surface area (Å²) in [7, 11) is 0. The lowest BCUT2D eigenvalue weighted by Gasteiger charge is -2.09. The van der Waals surface area contributed by atoms with Crippen LogP contribution in [-0.2, 0) is 0 Å². The van der Waals surface area contributed by atoms with Crippen LogP contribution < -0.4 is 5.73 Å². The minimum atomic E-state index is 0.527. The summed E-state index contributed by atoms with van der Waals surface area (Å²) >= 11 is 0. The van der Waals surface area contributed by atoms with Gasteiger partial charge in [0.25, 0.3) is 5.78 Å². The normalized spacial score (nSPS) is 10.9. The number of nitrogens with zero attached hydrogens (tertiary/aromatic N) is 4. The van der Waals surface area contributed by atoms with E-state index >= 15 is 0 Å². The summed E-state index contributed by atoms with van der Waals surface area (Å²) in [5.41, 5.74) is 8.91. The van der Waals surface area contributed by atoms with E-state index in [4.69, 9.17) is 5.73 Å². The van der Waals surface area contributed by atoms with Gasteiger partial charge in [0, 0.05) is 5.56 Å². The summed E-state index contributed by atoms with van der Waals surface area (Å²) in [4.78, 5) is 8.42. The molecule has 2 aromatic heterocycles. The lowest BCUT2D eigenvalue weighted by Crippen LogP contribution is -2.05. The quantitative estimate of drug-likeness (QED) is 0.684. The van der Waals surface area contributed by atoms with Crippen molar-refractivity contribution in [1.29, 1.82) is 0 Å². The second-order valence-electron chi connectivity index (χ2n) is 3.80. The number of aryl methyl sites for hydroxylation is 1. The molecule has 0 spiro atoms. The Balaban J connectivity index is 2.36. The van der Waals surface area contributed by atoms with Crippen molar-refractivity contribution in [2.75, 3.05) is 5.73 Å². The van der Waals surface area contributed by atoms with Gasteiger partial charge in [-0.3, -0.25) is 0 Å². The zero-order valence-corrected chi connectivity index (χ0v) is 9.33. The summed E-state index contributed by atoms with van der Waals surface area (Å²) in [6, 6.07) is 9.92. The van der Waals surface area contributed by atoms with Crippen molar-refractivity contribution in [3.63, 3.8) is 0 Å². The van der Waals surface area contributed by atoms with Gasteiger partial charge in [0.2, 0.25) is 0 Å². The first-order chi connectivity index (χ1) is 8.27. The van der Waals surface area contributed by atoms with Crippen molar-refractivity contribution in [3.8, 4) is 11.1 Å². The molecule has 1 aromatic carbocycles. The fourth-order valence-corrected chi connectivity index (χ4v) is 1.94. The number of benzene rings is 1. The fourth-order valence-electron chi connectivity index (χ4n) is 1.94. The maximum Gasteiger partial charge on any atom is 0.254 e. The molecule has 3 rings (SSSR count). The predicted octanol–water partition coefficient (Wildman–Crippen LogP) is 1.68. The highest BCUT2D eigenvalue weighted by Gasteiger charge is 2.12. The average Bonchev–Trinajstić information content (AvgIpc) is 2.78. The molecule has 0 amide bonds. The van der Waals surface area contributed by atoms with Crippen LogP contribution in [0.15, 0.2) is 36.7 Å². The van der Waals surface area contributed by atoms with Crippen LogP contribution in [0.3, 0.4) is 0 Å². The highest BCUT2D eigenvalue weighted by molar-refractivity contribution is 5.77. The van der Waals surface area contributed by atoms with E-state index in [1.807, 2.05) is 37.3 Å². The number of hydrogen-bond donors (Lipinski definition) is 1. The van der Waals surface area contributed by atoms with E-state index in [0.717, 1.165) is 16.8 Å². The number of fused-ring (bicyclic) bond motifs is 1. The van der Waals surface area contributed by atoms with Crippen LogP contribution in [0.4, 0.5) is 5.82 Å². The van der Waals surface area contributed by atoms with Gasteiger partial charge in [-0.15, -0.1) is 0 Å². The maximum atomic E-state index is 6.12. The van der Waals surface area contributed by atoms with E-state index in [1.54, 1.807) is 4.52 Å². The van der Waals surface area contributed by atoms with E-state index in [-0.39, 0.29) is 0 Å². The highest BCUT2D eigenvalue weighted by Crippen LogP contribution is 2.27. The van der Waals surface area contributed by atoms with E-state index in [2.05, 4.69) is 15.1 Å².